The van der Waals surface area contributed by atoms with Crippen LogP contribution in [0.5, 0.6) is 0 Å². The summed E-state index contributed by atoms with van der Waals surface area (Å²) in [5.74, 6) is 0. The van der Waals surface area contributed by atoms with Crippen molar-refractivity contribution in [1.82, 2.24) is 0 Å². The Morgan fingerprint density at radius 2 is 2.00 bits per heavy atom. The molecule has 0 amide bonds. The largest absolute Gasteiger partial charge is 0.287 e. The van der Waals surface area contributed by atoms with E-state index in [9.17, 15) is 4.79 Å². The molecule has 0 aliphatic heterocycles. The van der Waals surface area contributed by atoms with Gasteiger partial charge in [-0.05, 0) is 30.4 Å². The van der Waals surface area contributed by atoms with Gasteiger partial charge in [0.1, 0.15) is 0 Å². The van der Waals surface area contributed by atoms with Crippen molar-refractivity contribution in [2.24, 2.45) is 0 Å². The molecule has 1 rings (SSSR count). The molecule has 3 heteroatoms. The fourth-order valence-electron chi connectivity index (χ4n) is 1.000. The number of rotatable bonds is 3. The van der Waals surface area contributed by atoms with E-state index in [1.54, 1.807) is 0 Å². The maximum atomic E-state index is 11.0. The van der Waals surface area contributed by atoms with Crippen LogP contribution in [0.15, 0.2) is 28.7 Å². The summed E-state index contributed by atoms with van der Waals surface area (Å²) in [7, 11) is 0. The predicted molar refractivity (Wildman–Crippen MR) is 61.0 cm³/mol. The third-order valence-corrected chi connectivity index (χ3v) is 2.95. The molecule has 1 aromatic rings. The van der Waals surface area contributed by atoms with Gasteiger partial charge in [-0.2, -0.15) is 0 Å². The van der Waals surface area contributed by atoms with Crippen LogP contribution in [0.4, 0.5) is 0 Å². The lowest BCUT2D eigenvalue weighted by molar-refractivity contribution is -0.110. The minimum Gasteiger partial charge on any atom is -0.287 e. The van der Waals surface area contributed by atoms with Gasteiger partial charge in [-0.3, -0.25) is 4.79 Å². The zero-order chi connectivity index (χ0) is 9.68. The first kappa shape index (κ1) is 10.8. The Bertz CT molecular complexity index is 281. The summed E-state index contributed by atoms with van der Waals surface area (Å²) >= 11 is 4.67. The lowest BCUT2D eigenvalue weighted by atomic mass is 10.1. The quantitative estimate of drug-likeness (QED) is 0.828. The fraction of sp³-hybridized carbons (Fsp3) is 0.300. The van der Waals surface area contributed by atoms with Gasteiger partial charge in [-0.15, -0.1) is 0 Å². The van der Waals surface area contributed by atoms with E-state index in [0.717, 1.165) is 10.9 Å². The van der Waals surface area contributed by atoms with E-state index < -0.39 is 0 Å². The van der Waals surface area contributed by atoms with Gasteiger partial charge in [0.05, 0.1) is 0 Å². The molecule has 0 bridgehead atoms. The average molecular weight is 259 g/mol. The molecule has 0 aliphatic rings. The Morgan fingerprint density at radius 3 is 2.54 bits per heavy atom. The van der Waals surface area contributed by atoms with E-state index in [2.05, 4.69) is 15.9 Å². The molecule has 0 spiro atoms. The second-order valence-corrected chi connectivity index (χ2v) is 4.48. The van der Waals surface area contributed by atoms with Gasteiger partial charge in [0, 0.05) is 10.9 Å². The smallest absolute Gasteiger partial charge is 0.189 e. The Kier molecular flexibility index (Phi) is 4.53. The van der Waals surface area contributed by atoms with E-state index >= 15 is 0 Å². The molecule has 0 unspecified atom stereocenters. The maximum absolute atomic E-state index is 11.0. The van der Waals surface area contributed by atoms with E-state index in [-0.39, 0.29) is 5.12 Å². The topological polar surface area (TPSA) is 17.1 Å². The van der Waals surface area contributed by atoms with Crippen molar-refractivity contribution in [1.29, 1.82) is 0 Å². The van der Waals surface area contributed by atoms with E-state index in [1.807, 2.05) is 30.5 Å². The van der Waals surface area contributed by atoms with Crippen molar-refractivity contribution in [2.45, 2.75) is 12.8 Å². The van der Waals surface area contributed by atoms with Gasteiger partial charge in [-0.1, -0.05) is 39.8 Å². The summed E-state index contributed by atoms with van der Waals surface area (Å²) in [5, 5.41) is 0.253. The summed E-state index contributed by atoms with van der Waals surface area (Å²) in [6, 6.07) is 8.08. The number of hydrogen-bond donors (Lipinski definition) is 0. The number of halogens is 1. The summed E-state index contributed by atoms with van der Waals surface area (Å²) in [5.41, 5.74) is 1.21. The van der Waals surface area contributed by atoms with Gasteiger partial charge in [0.2, 0.25) is 0 Å². The molecule has 0 fully saturated rings. The fourth-order valence-corrected chi connectivity index (χ4v) is 1.57. The molecule has 1 aromatic carbocycles. The van der Waals surface area contributed by atoms with Crippen molar-refractivity contribution in [3.8, 4) is 0 Å². The van der Waals surface area contributed by atoms with Gasteiger partial charge >= 0.3 is 0 Å². The molecular weight excluding hydrogens is 248 g/mol. The Hall–Kier alpha value is -0.280. The van der Waals surface area contributed by atoms with Crippen molar-refractivity contribution in [3.63, 3.8) is 0 Å². The van der Waals surface area contributed by atoms with Crippen molar-refractivity contribution < 1.29 is 4.79 Å². The van der Waals surface area contributed by atoms with Crippen LogP contribution < -0.4 is 0 Å². The van der Waals surface area contributed by atoms with Crippen LogP contribution in [0, 0.1) is 0 Å². The number of thioether (sulfide) groups is 1. The zero-order valence-electron chi connectivity index (χ0n) is 7.42. The molecule has 13 heavy (non-hydrogen) atoms. The number of benzene rings is 1. The summed E-state index contributed by atoms with van der Waals surface area (Å²) in [6.07, 6.45) is 3.29. The molecule has 0 heterocycles. The Morgan fingerprint density at radius 1 is 1.38 bits per heavy atom. The number of aryl methyl sites for hydroxylation is 1. The zero-order valence-corrected chi connectivity index (χ0v) is 9.82. The Labute approximate surface area is 91.0 Å². The highest BCUT2D eigenvalue weighted by Gasteiger charge is 1.99. The highest BCUT2D eigenvalue weighted by molar-refractivity contribution is 9.10. The van der Waals surface area contributed by atoms with E-state index in [0.29, 0.717) is 6.42 Å². The van der Waals surface area contributed by atoms with Gasteiger partial charge < -0.3 is 0 Å². The van der Waals surface area contributed by atoms with Gasteiger partial charge in [-0.25, -0.2) is 0 Å². The van der Waals surface area contributed by atoms with Crippen LogP contribution in [0.2, 0.25) is 0 Å². The second kappa shape index (κ2) is 5.45. The normalized spacial score (nSPS) is 10.0. The highest BCUT2D eigenvalue weighted by Crippen LogP contribution is 2.12. The minimum absolute atomic E-state index is 0.253. The third kappa shape index (κ3) is 3.96. The van der Waals surface area contributed by atoms with E-state index in [1.165, 1.54) is 17.3 Å². The van der Waals surface area contributed by atoms with Crippen LogP contribution in [0.25, 0.3) is 0 Å². The molecule has 0 saturated heterocycles. The van der Waals surface area contributed by atoms with Crippen LogP contribution in [0.3, 0.4) is 0 Å². The lowest BCUT2D eigenvalue weighted by Crippen LogP contribution is -1.93. The first-order valence-corrected chi connectivity index (χ1v) is 6.05. The molecular formula is C10H11BrOS. The van der Waals surface area contributed by atoms with Crippen molar-refractivity contribution >= 4 is 32.8 Å². The highest BCUT2D eigenvalue weighted by atomic mass is 79.9. The lowest BCUT2D eigenvalue weighted by Gasteiger charge is -1.99. The average Bonchev–Trinajstić information content (AvgIpc) is 2.16. The van der Waals surface area contributed by atoms with Crippen LogP contribution >= 0.6 is 27.7 Å². The Balaban J connectivity index is 2.46. The standard InChI is InChI=1S/C10H11BrOS/c1-13-10(12)7-4-8-2-5-9(11)6-3-8/h2-3,5-6H,4,7H2,1H3. The van der Waals surface area contributed by atoms with Crippen LogP contribution in [0.1, 0.15) is 12.0 Å². The summed E-state index contributed by atoms with van der Waals surface area (Å²) in [6.45, 7) is 0. The SMILES string of the molecule is CSC(=O)CCc1ccc(Br)cc1. The minimum atomic E-state index is 0.253. The first-order valence-electron chi connectivity index (χ1n) is 4.03. The third-order valence-electron chi connectivity index (χ3n) is 1.76. The molecule has 70 valence electrons. The van der Waals surface area contributed by atoms with Crippen LogP contribution in [-0.2, 0) is 11.2 Å². The number of hydrogen-bond acceptors (Lipinski definition) is 2. The van der Waals surface area contributed by atoms with Crippen molar-refractivity contribution in [2.75, 3.05) is 6.26 Å². The maximum Gasteiger partial charge on any atom is 0.189 e. The van der Waals surface area contributed by atoms with Gasteiger partial charge in [0.15, 0.2) is 5.12 Å². The first-order chi connectivity index (χ1) is 6.22. The van der Waals surface area contributed by atoms with Crippen molar-refractivity contribution in [3.05, 3.63) is 34.3 Å². The predicted octanol–water partition coefficient (Wildman–Crippen LogP) is 3.27. The number of carbonyl (C=O) groups excluding carboxylic acids is 1. The monoisotopic (exact) mass is 258 g/mol. The molecule has 0 atom stereocenters. The summed E-state index contributed by atoms with van der Waals surface area (Å²) < 4.78 is 1.08. The molecule has 0 aromatic heterocycles. The van der Waals surface area contributed by atoms with Gasteiger partial charge in [0.25, 0.3) is 0 Å². The molecule has 0 radical (unpaired) electrons. The van der Waals surface area contributed by atoms with E-state index in [4.69, 9.17) is 0 Å². The summed E-state index contributed by atoms with van der Waals surface area (Å²) in [4.78, 5) is 11.0. The second-order valence-electron chi connectivity index (χ2n) is 2.70. The molecule has 0 saturated carbocycles. The van der Waals surface area contributed by atoms with Crippen LogP contribution in [-0.4, -0.2) is 11.4 Å². The molecule has 0 aliphatic carbocycles. The molecule has 0 N–H and O–H groups in total. The number of carbonyl (C=O) groups is 1. The molecule has 1 nitrogen and oxygen atoms in total.